The van der Waals surface area contributed by atoms with Crippen molar-refractivity contribution in [3.8, 4) is 0 Å². The number of aliphatic hydroxyl groups is 1. The molecule has 1 saturated carbocycles. The first kappa shape index (κ1) is 15.5. The van der Waals surface area contributed by atoms with Gasteiger partial charge in [-0.15, -0.1) is 0 Å². The summed E-state index contributed by atoms with van der Waals surface area (Å²) in [6, 6.07) is 1.94. The first-order chi connectivity index (χ1) is 11.7. The van der Waals surface area contributed by atoms with Crippen LogP contribution in [0.3, 0.4) is 0 Å². The number of piperazine rings is 1. The van der Waals surface area contributed by atoms with E-state index in [0.29, 0.717) is 42.5 Å². The molecule has 2 aliphatic rings. The van der Waals surface area contributed by atoms with Crippen LogP contribution in [-0.4, -0.2) is 70.3 Å². The second-order valence-corrected chi connectivity index (χ2v) is 6.67. The molecule has 0 atom stereocenters. The number of carbonyl (C=O) groups excluding carboxylic acids is 1. The minimum atomic E-state index is 0.0271. The predicted molar refractivity (Wildman–Crippen MR) is 87.9 cm³/mol. The summed E-state index contributed by atoms with van der Waals surface area (Å²) in [7, 11) is 0. The number of aromatic nitrogens is 2. The quantitative estimate of drug-likeness (QED) is 0.906. The number of carbonyl (C=O) groups is 1. The van der Waals surface area contributed by atoms with Gasteiger partial charge in [0.2, 0.25) is 0 Å². The molecule has 7 heteroatoms. The minimum absolute atomic E-state index is 0.0271. The van der Waals surface area contributed by atoms with Crippen LogP contribution in [0.15, 0.2) is 10.6 Å². The van der Waals surface area contributed by atoms with Crippen molar-refractivity contribution in [2.45, 2.75) is 25.7 Å². The molecule has 7 nitrogen and oxygen atoms in total. The molecule has 2 aromatic rings. The fourth-order valence-corrected chi connectivity index (χ4v) is 3.36. The summed E-state index contributed by atoms with van der Waals surface area (Å²) in [6.45, 7) is 5.59. The monoisotopic (exact) mass is 330 g/mol. The lowest BCUT2D eigenvalue weighted by atomic mass is 10.1. The normalized spacial score (nSPS) is 19.2. The third kappa shape index (κ3) is 2.78. The molecule has 1 aliphatic carbocycles. The number of hydrogen-bond donors (Lipinski definition) is 1. The van der Waals surface area contributed by atoms with E-state index >= 15 is 0 Å². The van der Waals surface area contributed by atoms with Crippen molar-refractivity contribution in [1.29, 1.82) is 0 Å². The van der Waals surface area contributed by atoms with Crippen LogP contribution in [0, 0.1) is 6.92 Å². The van der Waals surface area contributed by atoms with Crippen LogP contribution in [-0.2, 0) is 0 Å². The Hall–Kier alpha value is -1.99. The Morgan fingerprint density at radius 3 is 2.75 bits per heavy atom. The third-order valence-electron chi connectivity index (χ3n) is 4.94. The molecular weight excluding hydrogens is 308 g/mol. The van der Waals surface area contributed by atoms with Crippen LogP contribution in [0.4, 0.5) is 0 Å². The van der Waals surface area contributed by atoms with Crippen LogP contribution in [0.1, 0.15) is 40.5 Å². The van der Waals surface area contributed by atoms with E-state index < -0.39 is 0 Å². The maximum Gasteiger partial charge on any atom is 0.259 e. The van der Waals surface area contributed by atoms with Gasteiger partial charge in [-0.2, -0.15) is 0 Å². The number of hydrogen-bond acceptors (Lipinski definition) is 6. The van der Waals surface area contributed by atoms with Crippen LogP contribution in [0.5, 0.6) is 0 Å². The summed E-state index contributed by atoms with van der Waals surface area (Å²) in [5.41, 5.74) is 2.79. The van der Waals surface area contributed by atoms with Crippen LogP contribution >= 0.6 is 0 Å². The molecule has 1 N–H and O–H groups in total. The molecule has 3 heterocycles. The van der Waals surface area contributed by atoms with Crippen molar-refractivity contribution in [1.82, 2.24) is 19.9 Å². The molecule has 1 aliphatic heterocycles. The average Bonchev–Trinajstić information content (AvgIpc) is 3.39. The summed E-state index contributed by atoms with van der Waals surface area (Å²) in [5, 5.41) is 13.8. The molecule has 4 rings (SSSR count). The Morgan fingerprint density at radius 1 is 1.33 bits per heavy atom. The van der Waals surface area contributed by atoms with Gasteiger partial charge < -0.3 is 14.5 Å². The van der Waals surface area contributed by atoms with Gasteiger partial charge in [-0.05, 0) is 25.8 Å². The molecule has 2 fully saturated rings. The Kier molecular flexibility index (Phi) is 3.97. The summed E-state index contributed by atoms with van der Waals surface area (Å²) >= 11 is 0. The second kappa shape index (κ2) is 6.14. The Morgan fingerprint density at radius 2 is 2.08 bits per heavy atom. The van der Waals surface area contributed by atoms with Gasteiger partial charge in [-0.1, -0.05) is 5.16 Å². The molecule has 1 saturated heterocycles. The van der Waals surface area contributed by atoms with E-state index in [9.17, 15) is 4.79 Å². The fraction of sp³-hybridized carbons (Fsp3) is 0.588. The van der Waals surface area contributed by atoms with Gasteiger partial charge in [0.05, 0.1) is 23.3 Å². The highest BCUT2D eigenvalue weighted by Gasteiger charge is 2.30. The molecule has 24 heavy (non-hydrogen) atoms. The third-order valence-corrected chi connectivity index (χ3v) is 4.94. The summed E-state index contributed by atoms with van der Waals surface area (Å²) in [4.78, 5) is 21.7. The highest BCUT2D eigenvalue weighted by molar-refractivity contribution is 6.06. The van der Waals surface area contributed by atoms with E-state index in [-0.39, 0.29) is 12.5 Å². The molecule has 0 aromatic carbocycles. The molecule has 0 spiro atoms. The number of nitrogens with zero attached hydrogens (tertiary/aromatic N) is 4. The fourth-order valence-electron chi connectivity index (χ4n) is 3.36. The zero-order valence-electron chi connectivity index (χ0n) is 13.9. The van der Waals surface area contributed by atoms with E-state index in [1.165, 1.54) is 0 Å². The van der Waals surface area contributed by atoms with Gasteiger partial charge in [0.25, 0.3) is 11.6 Å². The lowest BCUT2D eigenvalue weighted by Gasteiger charge is -2.34. The van der Waals surface area contributed by atoms with Gasteiger partial charge in [0.15, 0.2) is 0 Å². The second-order valence-electron chi connectivity index (χ2n) is 6.67. The van der Waals surface area contributed by atoms with Crippen molar-refractivity contribution >= 4 is 17.0 Å². The zero-order valence-corrected chi connectivity index (χ0v) is 13.9. The summed E-state index contributed by atoms with van der Waals surface area (Å²) in [5.74, 6) is 0.479. The molecule has 2 aromatic heterocycles. The van der Waals surface area contributed by atoms with E-state index in [1.807, 2.05) is 17.9 Å². The molecule has 0 bridgehead atoms. The Labute approximate surface area is 140 Å². The number of pyridine rings is 1. The minimum Gasteiger partial charge on any atom is -0.395 e. The van der Waals surface area contributed by atoms with Gasteiger partial charge in [-0.25, -0.2) is 4.98 Å². The van der Waals surface area contributed by atoms with Crippen molar-refractivity contribution in [2.75, 3.05) is 39.3 Å². The first-order valence-electron chi connectivity index (χ1n) is 8.57. The number of aliphatic hydroxyl groups excluding tert-OH is 1. The number of aryl methyl sites for hydroxylation is 1. The van der Waals surface area contributed by atoms with Gasteiger partial charge in [0.1, 0.15) is 0 Å². The highest BCUT2D eigenvalue weighted by atomic mass is 16.5. The lowest BCUT2D eigenvalue weighted by Crippen LogP contribution is -2.49. The number of amides is 1. The summed E-state index contributed by atoms with van der Waals surface area (Å²) in [6.07, 6.45) is 2.25. The van der Waals surface area contributed by atoms with Crippen molar-refractivity contribution < 1.29 is 14.4 Å². The van der Waals surface area contributed by atoms with E-state index in [2.05, 4.69) is 15.0 Å². The smallest absolute Gasteiger partial charge is 0.259 e. The topological polar surface area (TPSA) is 82.7 Å². The Bertz CT molecular complexity index is 761. The molecular formula is C17H22N4O3. The zero-order chi connectivity index (χ0) is 16.7. The number of fused-ring (bicyclic) bond motifs is 1. The van der Waals surface area contributed by atoms with Gasteiger partial charge >= 0.3 is 0 Å². The van der Waals surface area contributed by atoms with Gasteiger partial charge in [0, 0.05) is 44.3 Å². The highest BCUT2D eigenvalue weighted by Crippen LogP contribution is 2.40. The maximum atomic E-state index is 13.1. The average molecular weight is 330 g/mol. The van der Waals surface area contributed by atoms with E-state index in [4.69, 9.17) is 9.63 Å². The SMILES string of the molecule is Cc1noc2nc(C3CC3)cc(C(=O)N3CCN(CCO)CC3)c12. The van der Waals surface area contributed by atoms with Crippen LogP contribution < -0.4 is 0 Å². The van der Waals surface area contributed by atoms with E-state index in [1.54, 1.807) is 0 Å². The number of rotatable bonds is 4. The van der Waals surface area contributed by atoms with E-state index in [0.717, 1.165) is 37.0 Å². The predicted octanol–water partition coefficient (Wildman–Crippen LogP) is 1.16. The first-order valence-corrected chi connectivity index (χ1v) is 8.57. The molecule has 0 unspecified atom stereocenters. The molecule has 128 valence electrons. The molecule has 1 amide bonds. The lowest BCUT2D eigenvalue weighted by molar-refractivity contribution is 0.0616. The van der Waals surface area contributed by atoms with Crippen LogP contribution in [0.25, 0.3) is 11.1 Å². The van der Waals surface area contributed by atoms with Crippen LogP contribution in [0.2, 0.25) is 0 Å². The maximum absolute atomic E-state index is 13.1. The number of β-amino-alcohol motifs (C(OH)–C–C–N with tert-alkyl or cyclic N) is 1. The molecule has 0 radical (unpaired) electrons. The van der Waals surface area contributed by atoms with Gasteiger partial charge in [-0.3, -0.25) is 9.69 Å². The van der Waals surface area contributed by atoms with Crippen molar-refractivity contribution in [3.05, 3.63) is 23.0 Å². The van der Waals surface area contributed by atoms with Crippen molar-refractivity contribution in [2.24, 2.45) is 0 Å². The standard InChI is InChI=1S/C17H22N4O3/c1-11-15-13(10-14(12-2-3-12)18-16(15)24-19-11)17(23)21-6-4-20(5-7-21)8-9-22/h10,12,22H,2-9H2,1H3. The largest absolute Gasteiger partial charge is 0.395 e. The van der Waals surface area contributed by atoms with Crippen molar-refractivity contribution in [3.63, 3.8) is 0 Å². The Balaban J connectivity index is 1.63. The summed E-state index contributed by atoms with van der Waals surface area (Å²) < 4.78 is 5.33.